The lowest BCUT2D eigenvalue weighted by atomic mass is 9.96. The van der Waals surface area contributed by atoms with E-state index < -0.39 is 0 Å². The van der Waals surface area contributed by atoms with Crippen LogP contribution >= 0.6 is 12.4 Å². The SMILES string of the molecule is CN(C)C(=O)N1CCC(C(=O)Nc2cc3c(cc2N)OCO3)CC1.Cl. The Kier molecular flexibility index (Phi) is 5.84. The van der Waals surface area contributed by atoms with E-state index in [1.165, 1.54) is 0 Å². The number of halogens is 1. The minimum Gasteiger partial charge on any atom is -0.454 e. The zero-order valence-corrected chi connectivity index (χ0v) is 15.1. The molecule has 1 fully saturated rings. The second-order valence-corrected chi connectivity index (χ2v) is 6.22. The van der Waals surface area contributed by atoms with Crippen LogP contribution in [0, 0.1) is 5.92 Å². The predicted octanol–water partition coefficient (Wildman–Crippen LogP) is 1.75. The molecule has 0 radical (unpaired) electrons. The van der Waals surface area contributed by atoms with Gasteiger partial charge in [0.05, 0.1) is 11.4 Å². The number of nitrogens with zero attached hydrogens (tertiary/aromatic N) is 2. The summed E-state index contributed by atoms with van der Waals surface area (Å²) in [5, 5.41) is 2.86. The first-order chi connectivity index (χ1) is 11.5. The Labute approximate surface area is 152 Å². The molecule has 2 heterocycles. The van der Waals surface area contributed by atoms with Crippen LogP contribution in [-0.4, -0.2) is 55.7 Å². The van der Waals surface area contributed by atoms with Crippen molar-refractivity contribution >= 4 is 35.7 Å². The number of anilines is 2. The number of likely N-dealkylation sites (tertiary alicyclic amines) is 1. The fourth-order valence-electron chi connectivity index (χ4n) is 2.92. The fraction of sp³-hybridized carbons (Fsp3) is 0.500. The summed E-state index contributed by atoms with van der Waals surface area (Å²) >= 11 is 0. The van der Waals surface area contributed by atoms with E-state index in [9.17, 15) is 9.59 Å². The lowest BCUT2D eigenvalue weighted by Crippen LogP contribution is -2.45. The maximum atomic E-state index is 12.5. The van der Waals surface area contributed by atoms with Gasteiger partial charge >= 0.3 is 6.03 Å². The van der Waals surface area contributed by atoms with Crippen molar-refractivity contribution in [2.75, 3.05) is 45.0 Å². The van der Waals surface area contributed by atoms with Crippen molar-refractivity contribution in [2.24, 2.45) is 5.92 Å². The van der Waals surface area contributed by atoms with Crippen LogP contribution in [0.5, 0.6) is 11.5 Å². The van der Waals surface area contributed by atoms with Crippen molar-refractivity contribution < 1.29 is 19.1 Å². The normalized spacial score (nSPS) is 16.2. The van der Waals surface area contributed by atoms with Crippen LogP contribution in [0.4, 0.5) is 16.2 Å². The van der Waals surface area contributed by atoms with Crippen LogP contribution in [0.25, 0.3) is 0 Å². The molecule has 8 nitrogen and oxygen atoms in total. The second kappa shape index (κ2) is 7.69. The number of hydrogen-bond acceptors (Lipinski definition) is 5. The van der Waals surface area contributed by atoms with Crippen molar-refractivity contribution in [2.45, 2.75) is 12.8 Å². The average molecular weight is 371 g/mol. The van der Waals surface area contributed by atoms with Gasteiger partial charge in [-0.1, -0.05) is 0 Å². The lowest BCUT2D eigenvalue weighted by Gasteiger charge is -2.33. The summed E-state index contributed by atoms with van der Waals surface area (Å²) in [5.41, 5.74) is 6.92. The highest BCUT2D eigenvalue weighted by Gasteiger charge is 2.28. The van der Waals surface area contributed by atoms with Gasteiger partial charge in [-0.25, -0.2) is 4.79 Å². The van der Waals surface area contributed by atoms with Gasteiger partial charge in [-0.15, -0.1) is 12.4 Å². The number of nitrogens with two attached hydrogens (primary N) is 1. The second-order valence-electron chi connectivity index (χ2n) is 6.22. The zero-order chi connectivity index (χ0) is 17.3. The van der Waals surface area contributed by atoms with Gasteiger partial charge in [-0.3, -0.25) is 4.79 Å². The molecule has 0 unspecified atom stereocenters. The highest BCUT2D eigenvalue weighted by molar-refractivity contribution is 5.96. The minimum atomic E-state index is -0.138. The predicted molar refractivity (Wildman–Crippen MR) is 96.2 cm³/mol. The quantitative estimate of drug-likeness (QED) is 0.773. The molecule has 3 amide bonds. The molecule has 25 heavy (non-hydrogen) atoms. The molecule has 0 saturated carbocycles. The molecule has 2 aliphatic rings. The number of piperidine rings is 1. The summed E-state index contributed by atoms with van der Waals surface area (Å²) < 4.78 is 10.6. The van der Waals surface area contributed by atoms with Crippen molar-refractivity contribution in [1.82, 2.24) is 9.80 Å². The summed E-state index contributed by atoms with van der Waals surface area (Å²) in [7, 11) is 3.45. The smallest absolute Gasteiger partial charge is 0.319 e. The largest absolute Gasteiger partial charge is 0.454 e. The number of nitrogen functional groups attached to an aromatic ring is 1. The molecule has 2 aliphatic heterocycles. The summed E-state index contributed by atoms with van der Waals surface area (Å²) in [6.45, 7) is 1.31. The molecular weight excluding hydrogens is 348 g/mol. The number of hydrogen-bond donors (Lipinski definition) is 2. The van der Waals surface area contributed by atoms with Crippen molar-refractivity contribution in [3.63, 3.8) is 0 Å². The molecule has 0 aliphatic carbocycles. The van der Waals surface area contributed by atoms with Crippen LogP contribution < -0.4 is 20.5 Å². The molecule has 1 saturated heterocycles. The number of benzene rings is 1. The van der Waals surface area contributed by atoms with E-state index in [0.29, 0.717) is 48.8 Å². The van der Waals surface area contributed by atoms with Crippen LogP contribution in [0.1, 0.15) is 12.8 Å². The van der Waals surface area contributed by atoms with Crippen LogP contribution in [0.15, 0.2) is 12.1 Å². The van der Waals surface area contributed by atoms with E-state index in [4.69, 9.17) is 15.2 Å². The van der Waals surface area contributed by atoms with Crippen molar-refractivity contribution in [3.05, 3.63) is 12.1 Å². The molecule has 3 rings (SSSR count). The number of urea groups is 1. The van der Waals surface area contributed by atoms with E-state index in [0.717, 1.165) is 0 Å². The maximum Gasteiger partial charge on any atom is 0.319 e. The fourth-order valence-corrected chi connectivity index (χ4v) is 2.92. The Balaban J connectivity index is 0.00000225. The minimum absolute atomic E-state index is 0. The Morgan fingerprint density at radius 2 is 1.80 bits per heavy atom. The summed E-state index contributed by atoms with van der Waals surface area (Å²) in [6.07, 6.45) is 1.27. The lowest BCUT2D eigenvalue weighted by molar-refractivity contribution is -0.121. The maximum absolute atomic E-state index is 12.5. The summed E-state index contributed by atoms with van der Waals surface area (Å²) in [5.74, 6) is 0.936. The molecule has 0 atom stereocenters. The number of ether oxygens (including phenoxy) is 2. The topological polar surface area (TPSA) is 97.1 Å². The molecule has 138 valence electrons. The molecule has 1 aromatic carbocycles. The van der Waals surface area contributed by atoms with E-state index in [-0.39, 0.29) is 37.1 Å². The Morgan fingerprint density at radius 1 is 1.20 bits per heavy atom. The van der Waals surface area contributed by atoms with Gasteiger partial charge < -0.3 is 30.3 Å². The first kappa shape index (κ1) is 19.0. The third kappa shape index (κ3) is 4.01. The van der Waals surface area contributed by atoms with Gasteiger partial charge in [0.2, 0.25) is 12.7 Å². The van der Waals surface area contributed by atoms with E-state index >= 15 is 0 Å². The Morgan fingerprint density at radius 3 is 2.40 bits per heavy atom. The van der Waals surface area contributed by atoms with Gasteiger partial charge in [0, 0.05) is 45.2 Å². The van der Waals surface area contributed by atoms with Gasteiger partial charge in [-0.05, 0) is 12.8 Å². The molecule has 9 heteroatoms. The van der Waals surface area contributed by atoms with Crippen molar-refractivity contribution in [1.29, 1.82) is 0 Å². The summed E-state index contributed by atoms with van der Waals surface area (Å²) in [4.78, 5) is 27.7. The molecule has 3 N–H and O–H groups in total. The molecule has 0 spiro atoms. The Hall–Kier alpha value is -2.35. The first-order valence-electron chi connectivity index (χ1n) is 7.92. The van der Waals surface area contributed by atoms with Crippen molar-refractivity contribution in [3.8, 4) is 11.5 Å². The Bertz CT molecular complexity index is 660. The van der Waals surface area contributed by atoms with Gasteiger partial charge in [0.1, 0.15) is 0 Å². The third-order valence-corrected chi connectivity index (χ3v) is 4.32. The number of amides is 3. The standard InChI is InChI=1S/C16H22N4O4.ClH/c1-19(2)16(22)20-5-3-10(4-6-20)15(21)18-12-8-14-13(7-11(12)17)23-9-24-14;/h7-8,10H,3-6,9,17H2,1-2H3,(H,18,21);1H. The molecule has 0 bridgehead atoms. The number of nitrogens with one attached hydrogen (secondary N) is 1. The van der Waals surface area contributed by atoms with Crippen LogP contribution in [0.3, 0.4) is 0 Å². The number of fused-ring (bicyclic) bond motifs is 1. The van der Waals surface area contributed by atoms with E-state index in [1.807, 2.05) is 0 Å². The van der Waals surface area contributed by atoms with Gasteiger partial charge in [-0.2, -0.15) is 0 Å². The molecular formula is C16H23ClN4O4. The average Bonchev–Trinajstić information content (AvgIpc) is 3.01. The van der Waals surface area contributed by atoms with E-state index in [2.05, 4.69) is 5.32 Å². The summed E-state index contributed by atoms with van der Waals surface area (Å²) in [6, 6.07) is 3.31. The number of rotatable bonds is 2. The highest BCUT2D eigenvalue weighted by atomic mass is 35.5. The van der Waals surface area contributed by atoms with Gasteiger partial charge in [0.25, 0.3) is 0 Å². The number of carbonyl (C=O) groups excluding carboxylic acids is 2. The van der Waals surface area contributed by atoms with Gasteiger partial charge in [0.15, 0.2) is 11.5 Å². The first-order valence-corrected chi connectivity index (χ1v) is 7.92. The molecule has 1 aromatic rings. The highest BCUT2D eigenvalue weighted by Crippen LogP contribution is 2.38. The van der Waals surface area contributed by atoms with Crippen LogP contribution in [0.2, 0.25) is 0 Å². The zero-order valence-electron chi connectivity index (χ0n) is 14.3. The number of carbonyl (C=O) groups is 2. The molecule has 0 aromatic heterocycles. The third-order valence-electron chi connectivity index (χ3n) is 4.32. The monoisotopic (exact) mass is 370 g/mol. The van der Waals surface area contributed by atoms with Crippen LogP contribution in [-0.2, 0) is 4.79 Å². The van der Waals surface area contributed by atoms with E-state index in [1.54, 1.807) is 36.0 Å².